The molecule has 1 aliphatic carbocycles. The van der Waals surface area contributed by atoms with Crippen molar-refractivity contribution in [3.8, 4) is 17.2 Å². The summed E-state index contributed by atoms with van der Waals surface area (Å²) in [4.78, 5) is 26.4. The number of carbonyl (C=O) groups excluding carboxylic acids is 1. The second kappa shape index (κ2) is 17.4. The SMILES string of the molecule is C[C@H]1CCCCN1c1nnc2ccc(O[C@@H]3CC[C@H](NC(=O)Nc4cc(C(C)(C)C)nn4-c4cc(F)cc(OCCN(C)C)c4)c4ccccc43)cn12.O=CO. The highest BCUT2D eigenvalue weighted by atomic mass is 19.1. The minimum Gasteiger partial charge on any atom is -0.492 e. The van der Waals surface area contributed by atoms with Crippen molar-refractivity contribution in [3.63, 3.8) is 0 Å². The molecule has 3 aromatic heterocycles. The summed E-state index contributed by atoms with van der Waals surface area (Å²) in [5, 5.41) is 26.8. The van der Waals surface area contributed by atoms with E-state index in [1.807, 2.05) is 86.8 Å². The summed E-state index contributed by atoms with van der Waals surface area (Å²) in [5.74, 6) is 1.93. The van der Waals surface area contributed by atoms with Crippen LogP contribution in [0.15, 0.2) is 66.9 Å². The van der Waals surface area contributed by atoms with E-state index in [2.05, 4.69) is 38.7 Å². The Kier molecular flexibility index (Phi) is 12.4. The second-order valence-corrected chi connectivity index (χ2v) is 15.6. The number of hydrogen-bond acceptors (Lipinski definition) is 9. The van der Waals surface area contributed by atoms with E-state index in [0.29, 0.717) is 49.3 Å². The molecule has 298 valence electrons. The van der Waals surface area contributed by atoms with Gasteiger partial charge in [0, 0.05) is 42.7 Å². The van der Waals surface area contributed by atoms with Gasteiger partial charge in [-0.1, -0.05) is 45.0 Å². The van der Waals surface area contributed by atoms with Crippen LogP contribution in [0.4, 0.5) is 21.0 Å². The van der Waals surface area contributed by atoms with Gasteiger partial charge in [0.1, 0.15) is 35.8 Å². The summed E-state index contributed by atoms with van der Waals surface area (Å²) in [6.45, 7) is 10.2. The molecule has 3 atom stereocenters. The van der Waals surface area contributed by atoms with Crippen LogP contribution in [0.1, 0.15) is 88.8 Å². The number of ether oxygens (including phenoxy) is 2. The summed E-state index contributed by atoms with van der Waals surface area (Å²) in [6.07, 6.45) is 6.67. The van der Waals surface area contributed by atoms with Crippen molar-refractivity contribution in [2.45, 2.75) is 83.4 Å². The first-order valence-corrected chi connectivity index (χ1v) is 19.1. The zero-order chi connectivity index (χ0) is 40.0. The highest BCUT2D eigenvalue weighted by Gasteiger charge is 2.31. The number of halogens is 1. The van der Waals surface area contributed by atoms with Gasteiger partial charge >= 0.3 is 6.03 Å². The number of anilines is 2. The maximum Gasteiger partial charge on any atom is 0.320 e. The Morgan fingerprint density at radius 2 is 1.79 bits per heavy atom. The Morgan fingerprint density at radius 3 is 2.52 bits per heavy atom. The fourth-order valence-electron chi connectivity index (χ4n) is 7.15. The maximum atomic E-state index is 14.9. The summed E-state index contributed by atoms with van der Waals surface area (Å²) < 4.78 is 30.9. The molecule has 0 unspecified atom stereocenters. The van der Waals surface area contributed by atoms with E-state index in [1.54, 1.807) is 10.7 Å². The first kappa shape index (κ1) is 40.0. The summed E-state index contributed by atoms with van der Waals surface area (Å²) in [6, 6.07) is 18.1. The van der Waals surface area contributed by atoms with Gasteiger partial charge in [0.25, 0.3) is 6.47 Å². The van der Waals surface area contributed by atoms with Crippen molar-refractivity contribution in [2.75, 3.05) is 44.0 Å². The topological polar surface area (TPSA) is 151 Å². The van der Waals surface area contributed by atoms with E-state index in [-0.39, 0.29) is 30.1 Å². The van der Waals surface area contributed by atoms with E-state index >= 15 is 0 Å². The van der Waals surface area contributed by atoms with Crippen LogP contribution >= 0.6 is 0 Å². The van der Waals surface area contributed by atoms with Crippen molar-refractivity contribution < 1.29 is 28.6 Å². The standard InChI is InChI=1S/C40H50FN9O3.CH2O2/c1-26-11-9-10-18-48(26)39-45-44-36-17-14-29(25-49(36)39)53-34-16-15-33(31-12-7-8-13-32(31)34)42-38(51)43-37-24-35(40(2,3)4)46-50(37)28-21-27(41)22-30(23-28)52-20-19-47(5)6;2-1-3/h7-8,12-14,17,21-26,33-34H,9-11,15-16,18-20H2,1-6H3,(H2,42,43,51);1H,(H,2,3)/t26-,33-,34+;/m0./s1. The minimum absolute atomic E-state index is 0.198. The number of hydrogen-bond donors (Lipinski definition) is 3. The predicted molar refractivity (Wildman–Crippen MR) is 213 cm³/mol. The molecule has 0 spiro atoms. The summed E-state index contributed by atoms with van der Waals surface area (Å²) in [5.41, 5.74) is 3.69. The number of carbonyl (C=O) groups is 2. The zero-order valence-electron chi connectivity index (χ0n) is 32.9. The molecule has 3 N–H and O–H groups in total. The van der Waals surface area contributed by atoms with Crippen LogP contribution < -0.4 is 25.0 Å². The third kappa shape index (κ3) is 9.39. The first-order chi connectivity index (χ1) is 26.8. The molecule has 4 heterocycles. The number of carboxylic acid groups (broad SMARTS) is 1. The molecule has 2 aliphatic rings. The van der Waals surface area contributed by atoms with Crippen LogP contribution in [0, 0.1) is 5.82 Å². The lowest BCUT2D eigenvalue weighted by Crippen LogP contribution is -2.38. The molecule has 2 aromatic carbocycles. The van der Waals surface area contributed by atoms with Crippen molar-refractivity contribution in [2.24, 2.45) is 0 Å². The summed E-state index contributed by atoms with van der Waals surface area (Å²) >= 11 is 0. The van der Waals surface area contributed by atoms with Gasteiger partial charge in [-0.25, -0.2) is 13.9 Å². The van der Waals surface area contributed by atoms with E-state index in [0.717, 1.165) is 53.6 Å². The van der Waals surface area contributed by atoms with E-state index in [9.17, 15) is 9.18 Å². The van der Waals surface area contributed by atoms with Crippen LogP contribution in [0.25, 0.3) is 11.3 Å². The van der Waals surface area contributed by atoms with Gasteiger partial charge < -0.3 is 29.7 Å². The fraction of sp³-hybridized carbons (Fsp3) is 0.439. The van der Waals surface area contributed by atoms with Crippen molar-refractivity contribution in [3.05, 3.63) is 89.5 Å². The van der Waals surface area contributed by atoms with Gasteiger partial charge in [0.05, 0.1) is 23.6 Å². The second-order valence-electron chi connectivity index (χ2n) is 15.6. The van der Waals surface area contributed by atoms with Crippen LogP contribution in [0.3, 0.4) is 0 Å². The van der Waals surface area contributed by atoms with Gasteiger partial charge in [-0.3, -0.25) is 14.5 Å². The molecule has 1 saturated heterocycles. The number of aromatic nitrogens is 5. The normalized spacial score (nSPS) is 18.1. The molecule has 1 aliphatic heterocycles. The van der Waals surface area contributed by atoms with Crippen LogP contribution in [-0.4, -0.2) is 86.7 Å². The molecular weight excluding hydrogens is 718 g/mol. The first-order valence-electron chi connectivity index (χ1n) is 19.1. The molecule has 0 bridgehead atoms. The number of rotatable bonds is 10. The lowest BCUT2D eigenvalue weighted by molar-refractivity contribution is -0.122. The quantitative estimate of drug-likeness (QED) is 0.125. The van der Waals surface area contributed by atoms with Crippen LogP contribution in [0.5, 0.6) is 11.5 Å². The number of fused-ring (bicyclic) bond motifs is 2. The molecule has 14 nitrogen and oxygen atoms in total. The number of benzene rings is 2. The average Bonchev–Trinajstić information content (AvgIpc) is 3.77. The van der Waals surface area contributed by atoms with Gasteiger partial charge in [-0.2, -0.15) is 5.10 Å². The number of nitrogens with zero attached hydrogens (tertiary/aromatic N) is 7. The number of amides is 2. The molecular formula is C41H52FN9O5. The van der Waals surface area contributed by atoms with Crippen LogP contribution in [0.2, 0.25) is 0 Å². The van der Waals surface area contributed by atoms with Gasteiger partial charge in [-0.05, 0) is 82.4 Å². The number of likely N-dealkylation sites (N-methyl/N-ethyl adjacent to an activating group) is 1. The van der Waals surface area contributed by atoms with E-state index < -0.39 is 5.82 Å². The van der Waals surface area contributed by atoms with Crippen molar-refractivity contribution in [1.82, 2.24) is 34.6 Å². The minimum atomic E-state index is -0.459. The highest BCUT2D eigenvalue weighted by Crippen LogP contribution is 2.39. The lowest BCUT2D eigenvalue weighted by Gasteiger charge is -2.33. The molecule has 2 amide bonds. The van der Waals surface area contributed by atoms with Gasteiger partial charge in [0.15, 0.2) is 5.65 Å². The fourth-order valence-corrected chi connectivity index (χ4v) is 7.15. The Hall–Kier alpha value is -5.70. The largest absolute Gasteiger partial charge is 0.492 e. The Morgan fingerprint density at radius 1 is 1.02 bits per heavy atom. The Labute approximate surface area is 326 Å². The van der Waals surface area contributed by atoms with Gasteiger partial charge in [-0.15, -0.1) is 10.2 Å². The monoisotopic (exact) mass is 769 g/mol. The molecule has 56 heavy (non-hydrogen) atoms. The third-order valence-electron chi connectivity index (χ3n) is 10.1. The molecule has 15 heteroatoms. The molecule has 1 fully saturated rings. The Bertz CT molecular complexity index is 2130. The highest BCUT2D eigenvalue weighted by molar-refractivity contribution is 5.89. The number of piperidine rings is 1. The Balaban J connectivity index is 0.00000172. The van der Waals surface area contributed by atoms with Crippen molar-refractivity contribution >= 4 is 29.9 Å². The van der Waals surface area contributed by atoms with Crippen molar-refractivity contribution in [1.29, 1.82) is 0 Å². The lowest BCUT2D eigenvalue weighted by atomic mass is 9.85. The molecule has 7 rings (SSSR count). The molecule has 0 saturated carbocycles. The average molecular weight is 770 g/mol. The predicted octanol–water partition coefficient (Wildman–Crippen LogP) is 7.15. The van der Waals surface area contributed by atoms with Crippen LogP contribution in [-0.2, 0) is 10.2 Å². The zero-order valence-corrected chi connectivity index (χ0v) is 32.9. The third-order valence-corrected chi connectivity index (χ3v) is 10.1. The molecule has 5 aromatic rings. The van der Waals surface area contributed by atoms with Gasteiger partial charge in [0.2, 0.25) is 5.95 Å². The van der Waals surface area contributed by atoms with E-state index in [1.165, 1.54) is 18.6 Å². The smallest absolute Gasteiger partial charge is 0.320 e. The number of pyridine rings is 1. The summed E-state index contributed by atoms with van der Waals surface area (Å²) in [7, 11) is 3.90. The number of urea groups is 1. The number of nitrogens with one attached hydrogen (secondary N) is 2. The maximum absolute atomic E-state index is 14.9. The van der Waals surface area contributed by atoms with E-state index in [4.69, 9.17) is 24.5 Å². The molecule has 0 radical (unpaired) electrons.